The third-order valence-corrected chi connectivity index (χ3v) is 2.57. The molecule has 1 heterocycles. The predicted octanol–water partition coefficient (Wildman–Crippen LogP) is 1.22. The zero-order chi connectivity index (χ0) is 7.56. The lowest BCUT2D eigenvalue weighted by Crippen LogP contribution is -2.29. The van der Waals surface area contributed by atoms with Gasteiger partial charge < -0.3 is 4.90 Å². The van der Waals surface area contributed by atoms with Crippen LogP contribution in [0.5, 0.6) is 0 Å². The minimum Gasteiger partial charge on any atom is -0.341 e. The molecular weight excluding hydrogens is 217 g/mol. The Kier molecular flexibility index (Phi) is 2.98. The SMILES string of the molecule is O=C(CCl)N1CC[C@@H](Br)C1. The van der Waals surface area contributed by atoms with E-state index in [-0.39, 0.29) is 11.8 Å². The van der Waals surface area contributed by atoms with Crippen molar-refractivity contribution in [2.75, 3.05) is 19.0 Å². The lowest BCUT2D eigenvalue weighted by atomic mass is 10.4. The van der Waals surface area contributed by atoms with Crippen LogP contribution in [0, 0.1) is 0 Å². The first kappa shape index (κ1) is 8.34. The summed E-state index contributed by atoms with van der Waals surface area (Å²) in [5.74, 6) is 0.156. The van der Waals surface area contributed by atoms with Crippen LogP contribution in [-0.2, 0) is 4.79 Å². The Balaban J connectivity index is 2.37. The third kappa shape index (κ3) is 1.86. The smallest absolute Gasteiger partial charge is 0.237 e. The van der Waals surface area contributed by atoms with E-state index in [1.807, 2.05) is 0 Å². The molecule has 0 aliphatic carbocycles. The highest BCUT2D eigenvalue weighted by Gasteiger charge is 2.22. The van der Waals surface area contributed by atoms with E-state index in [9.17, 15) is 4.79 Å². The highest BCUT2D eigenvalue weighted by atomic mass is 79.9. The van der Waals surface area contributed by atoms with E-state index < -0.39 is 0 Å². The molecule has 0 spiro atoms. The third-order valence-electron chi connectivity index (χ3n) is 1.60. The maximum atomic E-state index is 10.9. The van der Waals surface area contributed by atoms with Gasteiger partial charge in [0, 0.05) is 17.9 Å². The number of hydrogen-bond donors (Lipinski definition) is 0. The summed E-state index contributed by atoms with van der Waals surface area (Å²) in [4.78, 5) is 13.2. The van der Waals surface area contributed by atoms with E-state index in [4.69, 9.17) is 11.6 Å². The molecular formula is C6H9BrClNO. The monoisotopic (exact) mass is 225 g/mol. The van der Waals surface area contributed by atoms with E-state index in [0.29, 0.717) is 4.83 Å². The van der Waals surface area contributed by atoms with Crippen molar-refractivity contribution >= 4 is 33.4 Å². The van der Waals surface area contributed by atoms with Crippen LogP contribution in [-0.4, -0.2) is 34.6 Å². The number of halogens is 2. The molecule has 0 saturated carbocycles. The maximum Gasteiger partial charge on any atom is 0.237 e. The molecule has 1 saturated heterocycles. The molecule has 4 heteroatoms. The number of amides is 1. The predicted molar refractivity (Wildman–Crippen MR) is 44.6 cm³/mol. The van der Waals surface area contributed by atoms with Gasteiger partial charge in [-0.15, -0.1) is 11.6 Å². The van der Waals surface area contributed by atoms with E-state index in [0.717, 1.165) is 19.5 Å². The van der Waals surface area contributed by atoms with Crippen LogP contribution in [0.1, 0.15) is 6.42 Å². The van der Waals surface area contributed by atoms with E-state index in [2.05, 4.69) is 15.9 Å². The van der Waals surface area contributed by atoms with Crippen molar-refractivity contribution in [3.8, 4) is 0 Å². The zero-order valence-corrected chi connectivity index (χ0v) is 7.86. The highest BCUT2D eigenvalue weighted by Crippen LogP contribution is 2.16. The van der Waals surface area contributed by atoms with E-state index in [1.54, 1.807) is 4.90 Å². The average molecular weight is 227 g/mol. The second-order valence-electron chi connectivity index (χ2n) is 2.36. The van der Waals surface area contributed by atoms with E-state index in [1.165, 1.54) is 0 Å². The van der Waals surface area contributed by atoms with Crippen molar-refractivity contribution < 1.29 is 4.79 Å². The van der Waals surface area contributed by atoms with Gasteiger partial charge in [0.2, 0.25) is 5.91 Å². The zero-order valence-electron chi connectivity index (χ0n) is 5.52. The molecule has 1 aliphatic heterocycles. The molecule has 1 fully saturated rings. The first-order chi connectivity index (χ1) is 4.74. The highest BCUT2D eigenvalue weighted by molar-refractivity contribution is 9.09. The lowest BCUT2D eigenvalue weighted by molar-refractivity contribution is -0.127. The summed E-state index contributed by atoms with van der Waals surface area (Å²) in [7, 11) is 0. The minimum atomic E-state index is 0.0450. The van der Waals surface area contributed by atoms with Gasteiger partial charge in [-0.1, -0.05) is 15.9 Å². The molecule has 0 unspecified atom stereocenters. The first-order valence-electron chi connectivity index (χ1n) is 3.22. The second kappa shape index (κ2) is 3.58. The van der Waals surface area contributed by atoms with Gasteiger partial charge in [-0.25, -0.2) is 0 Å². The molecule has 10 heavy (non-hydrogen) atoms. The fourth-order valence-corrected chi connectivity index (χ4v) is 1.75. The normalized spacial score (nSPS) is 25.4. The minimum absolute atomic E-state index is 0.0450. The molecule has 1 atom stereocenters. The Labute approximate surface area is 73.7 Å². The lowest BCUT2D eigenvalue weighted by Gasteiger charge is -2.12. The summed E-state index contributed by atoms with van der Waals surface area (Å²) in [5.41, 5.74) is 0. The molecule has 2 nitrogen and oxygen atoms in total. The van der Waals surface area contributed by atoms with Crippen molar-refractivity contribution in [1.29, 1.82) is 0 Å². The number of carbonyl (C=O) groups excluding carboxylic acids is 1. The molecule has 1 rings (SSSR count). The van der Waals surface area contributed by atoms with Crippen LogP contribution in [0.25, 0.3) is 0 Å². The van der Waals surface area contributed by atoms with Gasteiger partial charge >= 0.3 is 0 Å². The number of alkyl halides is 2. The Morgan fingerprint density at radius 3 is 2.90 bits per heavy atom. The summed E-state index contributed by atoms with van der Waals surface area (Å²) in [6.45, 7) is 1.66. The van der Waals surface area contributed by atoms with Crippen LogP contribution >= 0.6 is 27.5 Å². The fourth-order valence-electron chi connectivity index (χ4n) is 1.03. The van der Waals surface area contributed by atoms with Crippen molar-refractivity contribution in [3.05, 3.63) is 0 Å². The average Bonchev–Trinajstić information content (AvgIpc) is 2.34. The largest absolute Gasteiger partial charge is 0.341 e. The molecule has 58 valence electrons. The topological polar surface area (TPSA) is 20.3 Å². The summed E-state index contributed by atoms with van der Waals surface area (Å²) < 4.78 is 0. The number of hydrogen-bond acceptors (Lipinski definition) is 1. The Morgan fingerprint density at radius 2 is 2.50 bits per heavy atom. The molecule has 1 amide bonds. The summed E-state index contributed by atoms with van der Waals surface area (Å²) in [5, 5.41) is 0. The second-order valence-corrected chi connectivity index (χ2v) is 3.92. The summed E-state index contributed by atoms with van der Waals surface area (Å²) in [6, 6.07) is 0. The van der Waals surface area contributed by atoms with Crippen LogP contribution in [0.3, 0.4) is 0 Å². The van der Waals surface area contributed by atoms with Crippen LogP contribution in [0.15, 0.2) is 0 Å². The Hall–Kier alpha value is 0.240. The van der Waals surface area contributed by atoms with Crippen LogP contribution in [0.2, 0.25) is 0 Å². The molecule has 0 aromatic heterocycles. The van der Waals surface area contributed by atoms with Crippen LogP contribution in [0.4, 0.5) is 0 Å². The van der Waals surface area contributed by atoms with Gasteiger partial charge in [0.1, 0.15) is 5.88 Å². The van der Waals surface area contributed by atoms with Crippen molar-refractivity contribution in [3.63, 3.8) is 0 Å². The number of nitrogens with zero attached hydrogens (tertiary/aromatic N) is 1. The molecule has 0 bridgehead atoms. The number of rotatable bonds is 1. The fraction of sp³-hybridized carbons (Fsp3) is 0.833. The van der Waals surface area contributed by atoms with E-state index >= 15 is 0 Å². The van der Waals surface area contributed by atoms with Gasteiger partial charge in [-0.3, -0.25) is 4.79 Å². The molecule has 0 N–H and O–H groups in total. The van der Waals surface area contributed by atoms with Crippen molar-refractivity contribution in [2.45, 2.75) is 11.2 Å². The molecule has 0 aromatic carbocycles. The Bertz CT molecular complexity index is 142. The summed E-state index contributed by atoms with van der Waals surface area (Å²) >= 11 is 8.81. The van der Waals surface area contributed by atoms with Gasteiger partial charge in [-0.05, 0) is 6.42 Å². The quantitative estimate of drug-likeness (QED) is 0.616. The van der Waals surface area contributed by atoms with Gasteiger partial charge in [0.05, 0.1) is 0 Å². The van der Waals surface area contributed by atoms with Crippen molar-refractivity contribution in [2.24, 2.45) is 0 Å². The maximum absolute atomic E-state index is 10.9. The number of carbonyl (C=O) groups is 1. The standard InChI is InChI=1S/C6H9BrClNO/c7-5-1-2-9(4-5)6(10)3-8/h5H,1-4H2/t5-/m1/s1. The summed E-state index contributed by atoms with van der Waals surface area (Å²) in [6.07, 6.45) is 1.04. The van der Waals surface area contributed by atoms with Gasteiger partial charge in [-0.2, -0.15) is 0 Å². The molecule has 1 aliphatic rings. The number of likely N-dealkylation sites (tertiary alicyclic amines) is 1. The van der Waals surface area contributed by atoms with Crippen LogP contribution < -0.4 is 0 Å². The van der Waals surface area contributed by atoms with Gasteiger partial charge in [0.25, 0.3) is 0 Å². The molecule has 0 radical (unpaired) electrons. The van der Waals surface area contributed by atoms with Gasteiger partial charge in [0.15, 0.2) is 0 Å². The Morgan fingerprint density at radius 1 is 1.80 bits per heavy atom. The molecule has 0 aromatic rings. The van der Waals surface area contributed by atoms with Crippen molar-refractivity contribution in [1.82, 2.24) is 4.90 Å². The first-order valence-corrected chi connectivity index (χ1v) is 4.67.